The SMILES string of the molecule is CC(CC(F)(F)F)NC(=O)NC1(CC(=O)O)CCCCC1. The van der Waals surface area contributed by atoms with Crippen LogP contribution in [0.2, 0.25) is 0 Å². The average molecular weight is 310 g/mol. The third kappa shape index (κ3) is 6.68. The van der Waals surface area contributed by atoms with E-state index in [9.17, 15) is 22.8 Å². The Bertz CT molecular complexity index is 379. The van der Waals surface area contributed by atoms with Gasteiger partial charge in [-0.05, 0) is 19.8 Å². The van der Waals surface area contributed by atoms with Crippen LogP contribution in [-0.2, 0) is 4.79 Å². The number of nitrogens with one attached hydrogen (secondary N) is 2. The van der Waals surface area contributed by atoms with Crippen molar-refractivity contribution < 1.29 is 27.9 Å². The lowest BCUT2D eigenvalue weighted by Gasteiger charge is -2.37. The highest BCUT2D eigenvalue weighted by molar-refractivity contribution is 5.77. The lowest BCUT2D eigenvalue weighted by Crippen LogP contribution is -2.55. The zero-order valence-electron chi connectivity index (χ0n) is 11.9. The average Bonchev–Trinajstić information content (AvgIpc) is 2.24. The van der Waals surface area contributed by atoms with Crippen LogP contribution in [0.3, 0.4) is 0 Å². The second-order valence-electron chi connectivity index (χ2n) is 5.73. The summed E-state index contributed by atoms with van der Waals surface area (Å²) in [5, 5.41) is 13.8. The molecule has 5 nitrogen and oxygen atoms in total. The highest BCUT2D eigenvalue weighted by Gasteiger charge is 2.37. The molecule has 0 aromatic rings. The standard InChI is InChI=1S/C13H21F3N2O3/c1-9(7-13(14,15)16)17-11(21)18-12(8-10(19)20)5-3-2-4-6-12/h9H,2-8H2,1H3,(H,19,20)(H2,17,18,21). The monoisotopic (exact) mass is 310 g/mol. The second-order valence-corrected chi connectivity index (χ2v) is 5.73. The second kappa shape index (κ2) is 7.00. The number of carboxylic acid groups (broad SMARTS) is 1. The Labute approximate surface area is 121 Å². The first-order valence-corrected chi connectivity index (χ1v) is 6.99. The van der Waals surface area contributed by atoms with Crippen LogP contribution in [0, 0.1) is 0 Å². The highest BCUT2D eigenvalue weighted by Crippen LogP contribution is 2.31. The number of halogens is 3. The summed E-state index contributed by atoms with van der Waals surface area (Å²) in [6.45, 7) is 1.26. The van der Waals surface area contributed by atoms with E-state index in [1.165, 1.54) is 6.92 Å². The quantitative estimate of drug-likeness (QED) is 0.730. The molecule has 8 heteroatoms. The van der Waals surface area contributed by atoms with Crippen LogP contribution in [0.15, 0.2) is 0 Å². The first-order chi connectivity index (χ1) is 9.62. The van der Waals surface area contributed by atoms with E-state index >= 15 is 0 Å². The summed E-state index contributed by atoms with van der Waals surface area (Å²) in [7, 11) is 0. The number of alkyl halides is 3. The number of hydrogen-bond acceptors (Lipinski definition) is 2. The van der Waals surface area contributed by atoms with Crippen LogP contribution in [0.25, 0.3) is 0 Å². The number of carbonyl (C=O) groups is 2. The van der Waals surface area contributed by atoms with Crippen molar-refractivity contribution in [3.63, 3.8) is 0 Å². The van der Waals surface area contributed by atoms with Gasteiger partial charge in [0, 0.05) is 6.04 Å². The molecule has 0 saturated heterocycles. The third-order valence-corrected chi connectivity index (χ3v) is 3.59. The molecule has 21 heavy (non-hydrogen) atoms. The Balaban J connectivity index is 2.58. The molecule has 1 rings (SSSR count). The van der Waals surface area contributed by atoms with E-state index in [-0.39, 0.29) is 6.42 Å². The Morgan fingerprint density at radius 3 is 2.29 bits per heavy atom. The van der Waals surface area contributed by atoms with Crippen LogP contribution in [-0.4, -0.2) is 34.9 Å². The largest absolute Gasteiger partial charge is 0.481 e. The molecule has 1 saturated carbocycles. The molecule has 0 radical (unpaired) electrons. The molecule has 122 valence electrons. The maximum Gasteiger partial charge on any atom is 0.391 e. The van der Waals surface area contributed by atoms with E-state index in [1.807, 2.05) is 0 Å². The maximum absolute atomic E-state index is 12.2. The van der Waals surface area contributed by atoms with Crippen molar-refractivity contribution in [2.75, 3.05) is 0 Å². The summed E-state index contributed by atoms with van der Waals surface area (Å²) in [5.41, 5.74) is -0.855. The predicted octanol–water partition coefficient (Wildman–Crippen LogP) is 2.80. The molecule has 1 unspecified atom stereocenters. The summed E-state index contributed by atoms with van der Waals surface area (Å²) in [6, 6.07) is -1.80. The van der Waals surface area contributed by atoms with E-state index in [0.717, 1.165) is 19.3 Å². The molecule has 0 heterocycles. The topological polar surface area (TPSA) is 78.4 Å². The summed E-state index contributed by atoms with van der Waals surface area (Å²) in [6.07, 6.45) is -2.07. The Morgan fingerprint density at radius 1 is 1.24 bits per heavy atom. The lowest BCUT2D eigenvalue weighted by molar-refractivity contribution is -0.139. The number of rotatable bonds is 5. The van der Waals surface area contributed by atoms with Crippen molar-refractivity contribution >= 4 is 12.0 Å². The summed E-state index contributed by atoms with van der Waals surface area (Å²) in [4.78, 5) is 22.8. The van der Waals surface area contributed by atoms with Gasteiger partial charge in [-0.1, -0.05) is 19.3 Å². The minimum absolute atomic E-state index is 0.214. The van der Waals surface area contributed by atoms with Crippen molar-refractivity contribution in [2.24, 2.45) is 0 Å². The number of urea groups is 1. The van der Waals surface area contributed by atoms with Gasteiger partial charge in [-0.3, -0.25) is 4.79 Å². The molecule has 1 aliphatic rings. The zero-order valence-corrected chi connectivity index (χ0v) is 11.9. The molecular formula is C13H21F3N2O3. The first-order valence-electron chi connectivity index (χ1n) is 6.99. The van der Waals surface area contributed by atoms with Crippen molar-refractivity contribution in [3.05, 3.63) is 0 Å². The Hall–Kier alpha value is -1.47. The van der Waals surface area contributed by atoms with Gasteiger partial charge in [0.25, 0.3) is 0 Å². The number of amides is 2. The van der Waals surface area contributed by atoms with Crippen LogP contribution in [0.1, 0.15) is 51.9 Å². The highest BCUT2D eigenvalue weighted by atomic mass is 19.4. The molecule has 1 fully saturated rings. The zero-order chi connectivity index (χ0) is 16.1. The van der Waals surface area contributed by atoms with E-state index in [4.69, 9.17) is 5.11 Å². The van der Waals surface area contributed by atoms with Crippen LogP contribution >= 0.6 is 0 Å². The van der Waals surface area contributed by atoms with Crippen molar-refractivity contribution in [1.29, 1.82) is 0 Å². The van der Waals surface area contributed by atoms with Crippen molar-refractivity contribution in [1.82, 2.24) is 10.6 Å². The van der Waals surface area contributed by atoms with Gasteiger partial charge in [-0.15, -0.1) is 0 Å². The Morgan fingerprint density at radius 2 is 1.81 bits per heavy atom. The smallest absolute Gasteiger partial charge is 0.391 e. The minimum Gasteiger partial charge on any atom is -0.481 e. The Kier molecular flexibility index (Phi) is 5.86. The van der Waals surface area contributed by atoms with Crippen LogP contribution in [0.4, 0.5) is 18.0 Å². The molecule has 0 aromatic carbocycles. The van der Waals surface area contributed by atoms with Gasteiger partial charge >= 0.3 is 18.2 Å². The molecule has 1 aliphatic carbocycles. The summed E-state index contributed by atoms with van der Waals surface area (Å²) < 4.78 is 36.6. The third-order valence-electron chi connectivity index (χ3n) is 3.59. The van der Waals surface area contributed by atoms with E-state index in [1.54, 1.807) is 0 Å². The number of carbonyl (C=O) groups excluding carboxylic acids is 1. The van der Waals surface area contributed by atoms with Gasteiger partial charge in [-0.2, -0.15) is 13.2 Å². The fourth-order valence-electron chi connectivity index (χ4n) is 2.76. The van der Waals surface area contributed by atoms with E-state index in [2.05, 4.69) is 10.6 Å². The van der Waals surface area contributed by atoms with Gasteiger partial charge in [0.2, 0.25) is 0 Å². The molecule has 2 amide bonds. The van der Waals surface area contributed by atoms with Gasteiger partial charge in [0.15, 0.2) is 0 Å². The molecule has 0 aromatic heterocycles. The molecule has 1 atom stereocenters. The van der Waals surface area contributed by atoms with E-state index < -0.39 is 36.2 Å². The maximum atomic E-state index is 12.2. The summed E-state index contributed by atoms with van der Waals surface area (Å²) in [5.74, 6) is -1.03. The minimum atomic E-state index is -4.35. The number of hydrogen-bond donors (Lipinski definition) is 3. The van der Waals surface area contributed by atoms with Crippen LogP contribution in [0.5, 0.6) is 0 Å². The molecule has 0 spiro atoms. The molecule has 3 N–H and O–H groups in total. The van der Waals surface area contributed by atoms with Gasteiger partial charge in [-0.25, -0.2) is 4.79 Å². The fraction of sp³-hybridized carbons (Fsp3) is 0.846. The fourth-order valence-corrected chi connectivity index (χ4v) is 2.76. The van der Waals surface area contributed by atoms with Gasteiger partial charge < -0.3 is 15.7 Å². The molecular weight excluding hydrogens is 289 g/mol. The molecule has 0 aliphatic heterocycles. The van der Waals surface area contributed by atoms with Crippen LogP contribution < -0.4 is 10.6 Å². The summed E-state index contributed by atoms with van der Waals surface area (Å²) >= 11 is 0. The van der Waals surface area contributed by atoms with E-state index in [0.29, 0.717) is 12.8 Å². The lowest BCUT2D eigenvalue weighted by atomic mass is 9.79. The molecule has 0 bridgehead atoms. The van der Waals surface area contributed by atoms with Crippen molar-refractivity contribution in [3.8, 4) is 0 Å². The number of carboxylic acids is 1. The van der Waals surface area contributed by atoms with Crippen molar-refractivity contribution in [2.45, 2.75) is 69.6 Å². The first kappa shape index (κ1) is 17.6. The normalized spacial score (nSPS) is 19.6. The number of aliphatic carboxylic acids is 1. The van der Waals surface area contributed by atoms with Gasteiger partial charge in [0.05, 0.1) is 18.4 Å². The van der Waals surface area contributed by atoms with Gasteiger partial charge in [0.1, 0.15) is 0 Å². The predicted molar refractivity (Wildman–Crippen MR) is 69.9 cm³/mol.